The summed E-state index contributed by atoms with van der Waals surface area (Å²) < 4.78 is 0. The van der Waals surface area contributed by atoms with E-state index < -0.39 is 0 Å². The van der Waals surface area contributed by atoms with E-state index in [0.717, 1.165) is 19.5 Å². The zero-order valence-corrected chi connectivity index (χ0v) is 12.7. The van der Waals surface area contributed by atoms with Crippen LogP contribution in [0.5, 0.6) is 0 Å². The first-order valence-corrected chi connectivity index (χ1v) is 7.70. The molecule has 0 bridgehead atoms. The second-order valence-corrected chi connectivity index (χ2v) is 5.55. The Morgan fingerprint density at radius 3 is 2.55 bits per heavy atom. The number of fused-ring (bicyclic) bond motifs is 1. The van der Waals surface area contributed by atoms with Gasteiger partial charge in [-0.2, -0.15) is 0 Å². The minimum Gasteiger partial charge on any atom is -0.371 e. The fraction of sp³-hybridized carbons (Fsp3) is 0.444. The van der Waals surface area contributed by atoms with Crippen LogP contribution in [0.2, 0.25) is 0 Å². The molecule has 20 heavy (non-hydrogen) atoms. The molecule has 0 aliphatic heterocycles. The number of unbranched alkanes of at least 4 members (excludes halogenated alkanes) is 1. The summed E-state index contributed by atoms with van der Waals surface area (Å²) in [5.41, 5.74) is 7.17. The number of nitrogens with zero attached hydrogens (tertiary/aromatic N) is 1. The summed E-state index contributed by atoms with van der Waals surface area (Å²) in [5, 5.41) is 2.67. The van der Waals surface area contributed by atoms with Gasteiger partial charge in [-0.15, -0.1) is 0 Å². The first-order valence-electron chi connectivity index (χ1n) is 7.70. The molecule has 2 aromatic carbocycles. The number of nitrogens with two attached hydrogens (primary N) is 1. The Morgan fingerprint density at radius 2 is 1.80 bits per heavy atom. The lowest BCUT2D eigenvalue weighted by Crippen LogP contribution is -2.24. The smallest absolute Gasteiger partial charge is 0.0445 e. The van der Waals surface area contributed by atoms with Gasteiger partial charge < -0.3 is 10.6 Å². The lowest BCUT2D eigenvalue weighted by molar-refractivity contribution is 0.591. The first-order chi connectivity index (χ1) is 9.72. The van der Waals surface area contributed by atoms with Gasteiger partial charge in [0.2, 0.25) is 0 Å². The van der Waals surface area contributed by atoms with Crippen LogP contribution in [0, 0.1) is 0 Å². The molecule has 2 nitrogen and oxygen atoms in total. The molecule has 0 aromatic heterocycles. The molecule has 0 heterocycles. The summed E-state index contributed by atoms with van der Waals surface area (Å²) in [6.45, 7) is 6.47. The maximum Gasteiger partial charge on any atom is 0.0445 e. The van der Waals surface area contributed by atoms with Crippen LogP contribution in [-0.2, 0) is 0 Å². The third-order valence-corrected chi connectivity index (χ3v) is 3.83. The molecule has 0 amide bonds. The monoisotopic (exact) mass is 270 g/mol. The average molecular weight is 270 g/mol. The van der Waals surface area contributed by atoms with Gasteiger partial charge in [0.25, 0.3) is 0 Å². The molecule has 1 atom stereocenters. The number of hydrogen-bond acceptors (Lipinski definition) is 2. The highest BCUT2D eigenvalue weighted by atomic mass is 15.1. The van der Waals surface area contributed by atoms with E-state index in [0.29, 0.717) is 6.04 Å². The molecule has 0 aliphatic carbocycles. The number of benzene rings is 2. The predicted molar refractivity (Wildman–Crippen MR) is 89.3 cm³/mol. The summed E-state index contributed by atoms with van der Waals surface area (Å²) in [6.07, 6.45) is 3.53. The molecule has 0 fully saturated rings. The minimum absolute atomic E-state index is 0.322. The molecule has 1 unspecified atom stereocenters. The van der Waals surface area contributed by atoms with Crippen LogP contribution >= 0.6 is 0 Å². The zero-order chi connectivity index (χ0) is 14.4. The molecular formula is C18H26N2. The Morgan fingerprint density at radius 1 is 1.05 bits per heavy atom. The van der Waals surface area contributed by atoms with Crippen LogP contribution in [0.4, 0.5) is 5.69 Å². The van der Waals surface area contributed by atoms with E-state index in [1.54, 1.807) is 0 Å². The molecule has 0 aliphatic rings. The van der Waals surface area contributed by atoms with Crippen molar-refractivity contribution in [3.8, 4) is 0 Å². The van der Waals surface area contributed by atoms with Crippen molar-refractivity contribution in [1.82, 2.24) is 0 Å². The molecule has 0 saturated carbocycles. The lowest BCUT2D eigenvalue weighted by Gasteiger charge is -2.25. The molecule has 2 N–H and O–H groups in total. The highest BCUT2D eigenvalue weighted by Crippen LogP contribution is 2.26. The third kappa shape index (κ3) is 3.73. The van der Waals surface area contributed by atoms with E-state index in [9.17, 15) is 0 Å². The Bertz CT molecular complexity index is 528. The second kappa shape index (κ2) is 7.30. The van der Waals surface area contributed by atoms with Gasteiger partial charge in [0, 0.05) is 30.2 Å². The number of anilines is 1. The molecule has 108 valence electrons. The molecule has 2 heteroatoms. The molecular weight excluding hydrogens is 244 g/mol. The van der Waals surface area contributed by atoms with Crippen LogP contribution in [0.1, 0.15) is 33.1 Å². The highest BCUT2D eigenvalue weighted by molar-refractivity contribution is 5.94. The van der Waals surface area contributed by atoms with Crippen molar-refractivity contribution in [2.75, 3.05) is 18.0 Å². The SMILES string of the molecule is CCN(CCCCC(C)N)c1cccc2ccccc12. The van der Waals surface area contributed by atoms with Gasteiger partial charge in [-0.05, 0) is 38.1 Å². The summed E-state index contributed by atoms with van der Waals surface area (Å²) in [5.74, 6) is 0. The maximum absolute atomic E-state index is 5.81. The Labute approximate surface area is 122 Å². The largest absolute Gasteiger partial charge is 0.371 e. The zero-order valence-electron chi connectivity index (χ0n) is 12.7. The van der Waals surface area contributed by atoms with Crippen LogP contribution < -0.4 is 10.6 Å². The predicted octanol–water partition coefficient (Wildman–Crippen LogP) is 4.18. The van der Waals surface area contributed by atoms with E-state index in [4.69, 9.17) is 5.73 Å². The van der Waals surface area contributed by atoms with E-state index in [1.165, 1.54) is 29.3 Å². The molecule has 0 saturated heterocycles. The quantitative estimate of drug-likeness (QED) is 0.765. The standard InChI is InChI=1S/C18H26N2/c1-3-20(14-7-6-9-15(2)19)18-13-8-11-16-10-4-5-12-17(16)18/h4-5,8,10-13,15H,3,6-7,9,14,19H2,1-2H3. The van der Waals surface area contributed by atoms with Crippen molar-refractivity contribution in [2.45, 2.75) is 39.2 Å². The molecule has 0 radical (unpaired) electrons. The van der Waals surface area contributed by atoms with Crippen LogP contribution in [0.3, 0.4) is 0 Å². The Hall–Kier alpha value is -1.54. The number of hydrogen-bond donors (Lipinski definition) is 1. The summed E-state index contributed by atoms with van der Waals surface area (Å²) in [7, 11) is 0. The van der Waals surface area contributed by atoms with Gasteiger partial charge in [-0.1, -0.05) is 42.8 Å². The normalized spacial score (nSPS) is 12.6. The van der Waals surface area contributed by atoms with Crippen LogP contribution in [0.25, 0.3) is 10.8 Å². The van der Waals surface area contributed by atoms with Crippen molar-refractivity contribution >= 4 is 16.5 Å². The summed E-state index contributed by atoms with van der Waals surface area (Å²) >= 11 is 0. The van der Waals surface area contributed by atoms with Crippen molar-refractivity contribution in [2.24, 2.45) is 5.73 Å². The van der Waals surface area contributed by atoms with Gasteiger partial charge >= 0.3 is 0 Å². The van der Waals surface area contributed by atoms with Crippen LogP contribution in [-0.4, -0.2) is 19.1 Å². The van der Waals surface area contributed by atoms with E-state index in [1.807, 2.05) is 0 Å². The van der Waals surface area contributed by atoms with E-state index in [2.05, 4.69) is 61.2 Å². The maximum atomic E-state index is 5.81. The topological polar surface area (TPSA) is 29.3 Å². The molecule has 2 rings (SSSR count). The Kier molecular flexibility index (Phi) is 5.42. The second-order valence-electron chi connectivity index (χ2n) is 5.55. The van der Waals surface area contributed by atoms with Crippen molar-refractivity contribution in [3.05, 3.63) is 42.5 Å². The van der Waals surface area contributed by atoms with Gasteiger partial charge in [0.15, 0.2) is 0 Å². The highest BCUT2D eigenvalue weighted by Gasteiger charge is 2.07. The first kappa shape index (κ1) is 14.9. The fourth-order valence-electron chi connectivity index (χ4n) is 2.70. The average Bonchev–Trinajstić information content (AvgIpc) is 2.47. The lowest BCUT2D eigenvalue weighted by atomic mass is 10.1. The van der Waals surface area contributed by atoms with Gasteiger partial charge in [-0.3, -0.25) is 0 Å². The van der Waals surface area contributed by atoms with Crippen molar-refractivity contribution in [3.63, 3.8) is 0 Å². The van der Waals surface area contributed by atoms with Crippen molar-refractivity contribution < 1.29 is 0 Å². The van der Waals surface area contributed by atoms with Crippen LogP contribution in [0.15, 0.2) is 42.5 Å². The fourth-order valence-corrected chi connectivity index (χ4v) is 2.70. The van der Waals surface area contributed by atoms with Crippen molar-refractivity contribution in [1.29, 1.82) is 0 Å². The molecule has 0 spiro atoms. The van der Waals surface area contributed by atoms with E-state index in [-0.39, 0.29) is 0 Å². The summed E-state index contributed by atoms with van der Waals surface area (Å²) in [6, 6.07) is 15.5. The van der Waals surface area contributed by atoms with Gasteiger partial charge in [-0.25, -0.2) is 0 Å². The minimum atomic E-state index is 0.322. The molecule has 2 aromatic rings. The third-order valence-electron chi connectivity index (χ3n) is 3.83. The summed E-state index contributed by atoms with van der Waals surface area (Å²) in [4.78, 5) is 2.48. The number of rotatable bonds is 7. The Balaban J connectivity index is 2.09. The van der Waals surface area contributed by atoms with Gasteiger partial charge in [0.05, 0.1) is 0 Å². The van der Waals surface area contributed by atoms with Gasteiger partial charge in [0.1, 0.15) is 0 Å². The van der Waals surface area contributed by atoms with E-state index >= 15 is 0 Å².